The zero-order chi connectivity index (χ0) is 10.6. The molecule has 1 rings (SSSR count). The maximum atomic E-state index is 11.1. The summed E-state index contributed by atoms with van der Waals surface area (Å²) in [5, 5.41) is 8.57. The summed E-state index contributed by atoms with van der Waals surface area (Å²) in [6.45, 7) is 2.23. The number of carbonyl (C=O) groups is 2. The van der Waals surface area contributed by atoms with Gasteiger partial charge in [0.25, 0.3) is 0 Å². The van der Waals surface area contributed by atoms with Crippen molar-refractivity contribution >= 4 is 11.9 Å². The van der Waals surface area contributed by atoms with Crippen LogP contribution in [0.2, 0.25) is 0 Å². The van der Waals surface area contributed by atoms with E-state index < -0.39 is 5.97 Å². The lowest BCUT2D eigenvalue weighted by atomic mass is 10.2. The molecule has 0 saturated carbocycles. The number of hydrogen-bond acceptors (Lipinski definition) is 3. The molecule has 1 amide bonds. The second-order valence-electron chi connectivity index (χ2n) is 3.43. The first-order valence-corrected chi connectivity index (χ1v) is 4.68. The molecule has 5 nitrogen and oxygen atoms in total. The van der Waals surface area contributed by atoms with E-state index in [1.54, 1.807) is 0 Å². The molecule has 1 atom stereocenters. The van der Waals surface area contributed by atoms with Crippen LogP contribution in [-0.2, 0) is 14.3 Å². The smallest absolute Gasteiger partial charge is 0.323 e. The van der Waals surface area contributed by atoms with Gasteiger partial charge < -0.3 is 14.7 Å². The average Bonchev–Trinajstić information content (AvgIpc) is 2.54. The fraction of sp³-hybridized carbons (Fsp3) is 0.778. The van der Waals surface area contributed by atoms with E-state index in [9.17, 15) is 9.59 Å². The molecule has 0 aromatic rings. The van der Waals surface area contributed by atoms with Crippen LogP contribution in [0.4, 0.5) is 0 Å². The minimum atomic E-state index is -0.988. The van der Waals surface area contributed by atoms with Crippen molar-refractivity contribution in [1.29, 1.82) is 0 Å². The fourth-order valence-corrected chi connectivity index (χ4v) is 1.50. The van der Waals surface area contributed by atoms with Crippen molar-refractivity contribution in [2.24, 2.45) is 0 Å². The molecule has 1 aliphatic heterocycles. The second-order valence-corrected chi connectivity index (χ2v) is 3.43. The molecule has 0 spiro atoms. The lowest BCUT2D eigenvalue weighted by Crippen LogP contribution is -2.39. The zero-order valence-electron chi connectivity index (χ0n) is 8.23. The minimum Gasteiger partial charge on any atom is -0.480 e. The molecule has 1 fully saturated rings. The van der Waals surface area contributed by atoms with Gasteiger partial charge in [-0.1, -0.05) is 0 Å². The summed E-state index contributed by atoms with van der Waals surface area (Å²) >= 11 is 0. The summed E-state index contributed by atoms with van der Waals surface area (Å²) in [4.78, 5) is 22.8. The molecular weight excluding hydrogens is 186 g/mol. The Morgan fingerprint density at radius 2 is 2.29 bits per heavy atom. The van der Waals surface area contributed by atoms with Crippen molar-refractivity contribution in [2.45, 2.75) is 25.9 Å². The van der Waals surface area contributed by atoms with E-state index >= 15 is 0 Å². The number of nitrogens with zero attached hydrogens (tertiary/aromatic N) is 1. The van der Waals surface area contributed by atoms with Gasteiger partial charge in [-0.15, -0.1) is 0 Å². The third kappa shape index (κ3) is 3.33. The molecule has 0 radical (unpaired) electrons. The van der Waals surface area contributed by atoms with Gasteiger partial charge in [0.15, 0.2) is 0 Å². The number of aliphatic carboxylic acids is 1. The predicted octanol–water partition coefficient (Wildman–Crippen LogP) is 0.0985. The SMILES string of the molecule is CC(=O)N(CC(=O)O)CC1CCCO1. The monoisotopic (exact) mass is 201 g/mol. The van der Waals surface area contributed by atoms with Gasteiger partial charge >= 0.3 is 5.97 Å². The number of rotatable bonds is 4. The van der Waals surface area contributed by atoms with E-state index in [1.807, 2.05) is 0 Å². The Morgan fingerprint density at radius 1 is 1.57 bits per heavy atom. The second kappa shape index (κ2) is 4.95. The zero-order valence-corrected chi connectivity index (χ0v) is 8.23. The van der Waals surface area contributed by atoms with Gasteiger partial charge in [-0.05, 0) is 12.8 Å². The van der Waals surface area contributed by atoms with Crippen LogP contribution in [0.25, 0.3) is 0 Å². The summed E-state index contributed by atoms with van der Waals surface area (Å²) in [6, 6.07) is 0. The van der Waals surface area contributed by atoms with E-state index in [-0.39, 0.29) is 18.6 Å². The van der Waals surface area contributed by atoms with E-state index in [1.165, 1.54) is 11.8 Å². The van der Waals surface area contributed by atoms with E-state index in [0.29, 0.717) is 13.2 Å². The molecule has 5 heteroatoms. The third-order valence-corrected chi connectivity index (χ3v) is 2.22. The Balaban J connectivity index is 2.41. The van der Waals surface area contributed by atoms with Crippen LogP contribution in [0.1, 0.15) is 19.8 Å². The van der Waals surface area contributed by atoms with Gasteiger partial charge in [0.1, 0.15) is 6.54 Å². The highest BCUT2D eigenvalue weighted by Crippen LogP contribution is 2.13. The van der Waals surface area contributed by atoms with Crippen LogP contribution in [-0.4, -0.2) is 47.7 Å². The molecule has 0 aromatic heterocycles. The molecule has 0 aromatic carbocycles. The first kappa shape index (κ1) is 11.0. The Kier molecular flexibility index (Phi) is 3.88. The number of carboxylic acid groups (broad SMARTS) is 1. The Morgan fingerprint density at radius 3 is 2.71 bits per heavy atom. The van der Waals surface area contributed by atoms with Crippen molar-refractivity contribution in [3.63, 3.8) is 0 Å². The van der Waals surface area contributed by atoms with Crippen LogP contribution in [0, 0.1) is 0 Å². The topological polar surface area (TPSA) is 66.8 Å². The molecule has 0 aliphatic carbocycles. The Bertz CT molecular complexity index is 223. The molecule has 1 heterocycles. The summed E-state index contributed by atoms with van der Waals surface area (Å²) in [5.74, 6) is -1.21. The largest absolute Gasteiger partial charge is 0.480 e. The normalized spacial score (nSPS) is 20.8. The molecular formula is C9H15NO4. The van der Waals surface area contributed by atoms with E-state index in [4.69, 9.17) is 9.84 Å². The van der Waals surface area contributed by atoms with Crippen LogP contribution in [0.5, 0.6) is 0 Å². The van der Waals surface area contributed by atoms with Crippen LogP contribution in [0.15, 0.2) is 0 Å². The van der Waals surface area contributed by atoms with E-state index in [2.05, 4.69) is 0 Å². The van der Waals surface area contributed by atoms with Gasteiger partial charge in [0, 0.05) is 20.1 Å². The lowest BCUT2D eigenvalue weighted by molar-refractivity contribution is -0.144. The molecule has 1 N–H and O–H groups in total. The van der Waals surface area contributed by atoms with Crippen molar-refractivity contribution in [3.8, 4) is 0 Å². The van der Waals surface area contributed by atoms with Crippen LogP contribution >= 0.6 is 0 Å². The number of carbonyl (C=O) groups excluding carboxylic acids is 1. The van der Waals surface area contributed by atoms with Crippen molar-refractivity contribution in [3.05, 3.63) is 0 Å². The molecule has 1 unspecified atom stereocenters. The van der Waals surface area contributed by atoms with Gasteiger partial charge in [-0.25, -0.2) is 0 Å². The first-order chi connectivity index (χ1) is 6.59. The number of amides is 1. The molecule has 80 valence electrons. The standard InChI is InChI=1S/C9H15NO4/c1-7(11)10(6-9(12)13)5-8-3-2-4-14-8/h8H,2-6H2,1H3,(H,12,13). The molecule has 1 saturated heterocycles. The Hall–Kier alpha value is -1.10. The predicted molar refractivity (Wildman–Crippen MR) is 48.9 cm³/mol. The average molecular weight is 201 g/mol. The highest BCUT2D eigenvalue weighted by atomic mass is 16.5. The van der Waals surface area contributed by atoms with Gasteiger partial charge in [-0.2, -0.15) is 0 Å². The number of hydrogen-bond donors (Lipinski definition) is 1. The minimum absolute atomic E-state index is 0.0123. The van der Waals surface area contributed by atoms with Crippen molar-refractivity contribution in [1.82, 2.24) is 4.90 Å². The summed E-state index contributed by atoms with van der Waals surface area (Å²) in [5.41, 5.74) is 0. The van der Waals surface area contributed by atoms with Gasteiger partial charge in [0.05, 0.1) is 6.10 Å². The third-order valence-electron chi connectivity index (χ3n) is 2.22. The van der Waals surface area contributed by atoms with Gasteiger partial charge in [-0.3, -0.25) is 9.59 Å². The fourth-order valence-electron chi connectivity index (χ4n) is 1.50. The quantitative estimate of drug-likeness (QED) is 0.700. The summed E-state index contributed by atoms with van der Waals surface area (Å²) < 4.78 is 5.33. The first-order valence-electron chi connectivity index (χ1n) is 4.68. The maximum Gasteiger partial charge on any atom is 0.323 e. The number of carboxylic acids is 1. The maximum absolute atomic E-state index is 11.1. The van der Waals surface area contributed by atoms with Crippen molar-refractivity contribution in [2.75, 3.05) is 19.7 Å². The molecule has 1 aliphatic rings. The molecule has 0 bridgehead atoms. The highest BCUT2D eigenvalue weighted by molar-refractivity contribution is 5.79. The highest BCUT2D eigenvalue weighted by Gasteiger charge is 2.21. The van der Waals surface area contributed by atoms with Gasteiger partial charge in [0.2, 0.25) is 5.91 Å². The number of ether oxygens (including phenoxy) is 1. The van der Waals surface area contributed by atoms with Crippen LogP contribution in [0.3, 0.4) is 0 Å². The van der Waals surface area contributed by atoms with Crippen LogP contribution < -0.4 is 0 Å². The lowest BCUT2D eigenvalue weighted by Gasteiger charge is -2.21. The molecule has 14 heavy (non-hydrogen) atoms. The Labute approximate surface area is 82.6 Å². The van der Waals surface area contributed by atoms with Crippen molar-refractivity contribution < 1.29 is 19.4 Å². The summed E-state index contributed by atoms with van der Waals surface area (Å²) in [6.07, 6.45) is 1.91. The summed E-state index contributed by atoms with van der Waals surface area (Å²) in [7, 11) is 0. The van der Waals surface area contributed by atoms with E-state index in [0.717, 1.165) is 12.8 Å².